The molecule has 0 bridgehead atoms. The van der Waals surface area contributed by atoms with Crippen molar-refractivity contribution in [3.8, 4) is 0 Å². The molecule has 240 valence electrons. The van der Waals surface area contributed by atoms with Crippen molar-refractivity contribution in [1.29, 1.82) is 0 Å². The zero-order valence-corrected chi connectivity index (χ0v) is 30.1. The smallest absolute Gasteiger partial charge is 0.312 e. The van der Waals surface area contributed by atoms with Crippen LogP contribution in [0.15, 0.2) is 18.7 Å². The van der Waals surface area contributed by atoms with Gasteiger partial charge in [0.2, 0.25) is 6.33 Å². The third kappa shape index (κ3) is 10.4. The molecule has 6 nitrogen and oxygen atoms in total. The summed E-state index contributed by atoms with van der Waals surface area (Å²) in [6.45, 7) is 34.1. The third-order valence-electron chi connectivity index (χ3n) is 10.1. The number of rotatable bonds is 15. The standard InChI is InChI=1S/C35H67N2O4/c1-29(2,3)24-27(37-21-20-36(16)26-37)34(13,14)31(7,8)25-35(15,30(4,5)6)28(38)40-22-18-33(11,12)41-23-19-32(9,10)39-17/h20-21,26-27H,18-19,22-25H2,1-17H3/q+1. The summed E-state index contributed by atoms with van der Waals surface area (Å²) >= 11 is 0. The second-order valence-corrected chi connectivity index (χ2v) is 17.4. The van der Waals surface area contributed by atoms with Crippen molar-refractivity contribution < 1.29 is 23.6 Å². The number of hydrogen-bond acceptors (Lipinski definition) is 4. The Morgan fingerprint density at radius 2 is 1.37 bits per heavy atom. The van der Waals surface area contributed by atoms with Crippen LogP contribution in [0.5, 0.6) is 0 Å². The largest absolute Gasteiger partial charge is 0.465 e. The summed E-state index contributed by atoms with van der Waals surface area (Å²) in [5, 5.41) is 0. The molecule has 1 heterocycles. The van der Waals surface area contributed by atoms with E-state index in [0.717, 1.165) is 19.3 Å². The summed E-state index contributed by atoms with van der Waals surface area (Å²) in [5.74, 6) is -0.120. The number of aryl methyl sites for hydroxylation is 1. The van der Waals surface area contributed by atoms with Crippen molar-refractivity contribution in [1.82, 2.24) is 4.57 Å². The Morgan fingerprint density at radius 3 is 1.80 bits per heavy atom. The third-order valence-corrected chi connectivity index (χ3v) is 10.1. The Labute approximate surface area is 253 Å². The molecular formula is C35H67N2O4+. The number of carbonyl (C=O) groups excluding carboxylic acids is 1. The Hall–Kier alpha value is -1.40. The van der Waals surface area contributed by atoms with Crippen LogP contribution in [0.3, 0.4) is 0 Å². The van der Waals surface area contributed by atoms with E-state index in [2.05, 4.69) is 139 Å². The molecule has 2 atom stereocenters. The fourth-order valence-electron chi connectivity index (χ4n) is 5.47. The molecule has 0 saturated heterocycles. The van der Waals surface area contributed by atoms with Gasteiger partial charge in [0, 0.05) is 18.9 Å². The normalized spacial score (nSPS) is 16.4. The van der Waals surface area contributed by atoms with Gasteiger partial charge in [-0.1, -0.05) is 69.2 Å². The highest BCUT2D eigenvalue weighted by Crippen LogP contribution is 2.58. The van der Waals surface area contributed by atoms with Crippen LogP contribution in [-0.2, 0) is 26.1 Å². The zero-order chi connectivity index (χ0) is 32.3. The molecule has 0 aliphatic rings. The van der Waals surface area contributed by atoms with Gasteiger partial charge in [0.15, 0.2) is 0 Å². The minimum Gasteiger partial charge on any atom is -0.465 e. The Bertz CT molecular complexity index is 975. The molecule has 0 saturated carbocycles. The quantitative estimate of drug-likeness (QED) is 0.155. The second kappa shape index (κ2) is 13.1. The van der Waals surface area contributed by atoms with Crippen molar-refractivity contribution in [2.45, 2.75) is 147 Å². The molecule has 1 rings (SSSR count). The van der Waals surface area contributed by atoms with E-state index in [0.29, 0.717) is 19.6 Å². The number of imidazole rings is 1. The molecule has 0 aromatic carbocycles. The molecule has 0 N–H and O–H groups in total. The lowest BCUT2D eigenvalue weighted by Gasteiger charge is -2.52. The van der Waals surface area contributed by atoms with E-state index in [1.807, 2.05) is 0 Å². The number of carbonyl (C=O) groups is 1. The van der Waals surface area contributed by atoms with E-state index < -0.39 is 11.0 Å². The Balaban J connectivity index is 3.15. The number of hydrogen-bond donors (Lipinski definition) is 0. The lowest BCUT2D eigenvalue weighted by atomic mass is 9.52. The Morgan fingerprint density at radius 1 is 0.829 bits per heavy atom. The molecule has 6 heteroatoms. The van der Waals surface area contributed by atoms with Crippen LogP contribution in [-0.4, -0.2) is 42.1 Å². The van der Waals surface area contributed by atoms with Gasteiger partial charge in [-0.15, -0.1) is 0 Å². The van der Waals surface area contributed by atoms with Crippen LogP contribution in [0.2, 0.25) is 0 Å². The van der Waals surface area contributed by atoms with Gasteiger partial charge >= 0.3 is 5.97 Å². The van der Waals surface area contributed by atoms with E-state index in [-0.39, 0.29) is 39.3 Å². The predicted octanol–water partition coefficient (Wildman–Crippen LogP) is 8.33. The van der Waals surface area contributed by atoms with Crippen LogP contribution < -0.4 is 4.57 Å². The molecule has 0 spiro atoms. The number of aromatic nitrogens is 2. The van der Waals surface area contributed by atoms with Crippen molar-refractivity contribution in [3.63, 3.8) is 0 Å². The molecule has 0 radical (unpaired) electrons. The lowest BCUT2D eigenvalue weighted by molar-refractivity contribution is -0.671. The maximum Gasteiger partial charge on any atom is 0.312 e. The summed E-state index contributed by atoms with van der Waals surface area (Å²) in [6, 6.07) is 0.264. The molecule has 0 aliphatic carbocycles. The van der Waals surface area contributed by atoms with E-state index in [1.54, 1.807) is 7.11 Å². The van der Waals surface area contributed by atoms with Gasteiger partial charge in [-0.25, -0.2) is 9.13 Å². The SMILES string of the molecule is COC(C)(C)CCOC(C)(C)CCOC(=O)C(C)(CC(C)(C)C(C)(C)C(CC(C)(C)C)n1cc[n+](C)c1)C(C)(C)C. The minimum atomic E-state index is -0.672. The predicted molar refractivity (Wildman–Crippen MR) is 170 cm³/mol. The maximum absolute atomic E-state index is 14.0. The van der Waals surface area contributed by atoms with Gasteiger partial charge in [0.25, 0.3) is 0 Å². The molecular weight excluding hydrogens is 512 g/mol. The van der Waals surface area contributed by atoms with Crippen molar-refractivity contribution in [2.75, 3.05) is 20.3 Å². The summed E-state index contributed by atoms with van der Waals surface area (Å²) in [5.41, 5.74) is -1.71. The van der Waals surface area contributed by atoms with Gasteiger partial charge in [-0.2, -0.15) is 0 Å². The van der Waals surface area contributed by atoms with Crippen LogP contribution in [0.1, 0.15) is 136 Å². The first kappa shape index (κ1) is 37.6. The molecule has 41 heavy (non-hydrogen) atoms. The van der Waals surface area contributed by atoms with E-state index in [9.17, 15) is 4.79 Å². The first-order valence-electron chi connectivity index (χ1n) is 15.6. The number of esters is 1. The first-order chi connectivity index (χ1) is 18.2. The fraction of sp³-hybridized carbons (Fsp3) is 0.886. The number of methoxy groups -OCH3 is 1. The van der Waals surface area contributed by atoms with Gasteiger partial charge in [-0.3, -0.25) is 4.79 Å². The van der Waals surface area contributed by atoms with Crippen LogP contribution in [0, 0.1) is 27.1 Å². The van der Waals surface area contributed by atoms with Crippen molar-refractivity contribution in [2.24, 2.45) is 34.1 Å². The van der Waals surface area contributed by atoms with E-state index >= 15 is 0 Å². The lowest BCUT2D eigenvalue weighted by Crippen LogP contribution is -2.50. The molecule has 0 amide bonds. The first-order valence-corrected chi connectivity index (χ1v) is 15.6. The number of nitrogens with zero attached hydrogens (tertiary/aromatic N) is 2. The van der Waals surface area contributed by atoms with Gasteiger partial charge in [0.1, 0.15) is 18.4 Å². The van der Waals surface area contributed by atoms with Crippen LogP contribution >= 0.6 is 0 Å². The van der Waals surface area contributed by atoms with Gasteiger partial charge in [0.05, 0.1) is 36.9 Å². The average molecular weight is 580 g/mol. The van der Waals surface area contributed by atoms with Crippen molar-refractivity contribution >= 4 is 5.97 Å². The second-order valence-electron chi connectivity index (χ2n) is 17.4. The minimum absolute atomic E-state index is 0.120. The summed E-state index contributed by atoms with van der Waals surface area (Å²) in [7, 11) is 3.80. The summed E-state index contributed by atoms with van der Waals surface area (Å²) in [4.78, 5) is 14.0. The monoisotopic (exact) mass is 580 g/mol. The average Bonchev–Trinajstić information content (AvgIpc) is 3.20. The van der Waals surface area contributed by atoms with Gasteiger partial charge in [-0.05, 0) is 70.1 Å². The van der Waals surface area contributed by atoms with E-state index in [1.165, 1.54) is 0 Å². The fourth-order valence-corrected chi connectivity index (χ4v) is 5.47. The number of ether oxygens (including phenoxy) is 3. The molecule has 0 aliphatic heterocycles. The highest BCUT2D eigenvalue weighted by Gasteiger charge is 2.55. The maximum atomic E-state index is 14.0. The molecule has 1 aromatic heterocycles. The van der Waals surface area contributed by atoms with Gasteiger partial charge < -0.3 is 14.2 Å². The van der Waals surface area contributed by atoms with Crippen molar-refractivity contribution in [3.05, 3.63) is 18.7 Å². The summed E-state index contributed by atoms with van der Waals surface area (Å²) in [6.07, 6.45) is 9.67. The highest BCUT2D eigenvalue weighted by molar-refractivity contribution is 5.77. The molecule has 2 unspecified atom stereocenters. The topological polar surface area (TPSA) is 53.6 Å². The summed E-state index contributed by atoms with van der Waals surface area (Å²) < 4.78 is 22.2. The Kier molecular flexibility index (Phi) is 12.0. The highest BCUT2D eigenvalue weighted by atomic mass is 16.5. The van der Waals surface area contributed by atoms with E-state index in [4.69, 9.17) is 14.2 Å². The van der Waals surface area contributed by atoms with Crippen LogP contribution in [0.4, 0.5) is 0 Å². The molecule has 1 aromatic rings. The molecule has 0 fully saturated rings. The zero-order valence-electron chi connectivity index (χ0n) is 30.1. The van der Waals surface area contributed by atoms with Crippen LogP contribution in [0.25, 0.3) is 0 Å².